The highest BCUT2D eigenvalue weighted by molar-refractivity contribution is 5.79. The van der Waals surface area contributed by atoms with Crippen molar-refractivity contribution in [3.05, 3.63) is 29.8 Å². The van der Waals surface area contributed by atoms with Crippen LogP contribution in [-0.4, -0.2) is 46.1 Å². The minimum atomic E-state index is -4.33. The normalized spacial score (nSPS) is 12.1. The van der Waals surface area contributed by atoms with Crippen molar-refractivity contribution in [3.63, 3.8) is 0 Å². The fourth-order valence-corrected chi connectivity index (χ4v) is 1.70. The van der Waals surface area contributed by atoms with Gasteiger partial charge in [0.2, 0.25) is 0 Å². The van der Waals surface area contributed by atoms with Crippen LogP contribution in [0.5, 0.6) is 5.75 Å². The van der Waals surface area contributed by atoms with Crippen LogP contribution in [0.15, 0.2) is 29.3 Å². The van der Waals surface area contributed by atoms with Crippen molar-refractivity contribution in [2.45, 2.75) is 19.1 Å². The lowest BCUT2D eigenvalue weighted by molar-refractivity contribution is -0.153. The molecular weight excluding hydrogens is 311 g/mol. The van der Waals surface area contributed by atoms with Crippen molar-refractivity contribution < 1.29 is 22.6 Å². The molecule has 0 unspecified atom stereocenters. The van der Waals surface area contributed by atoms with Crippen LogP contribution in [0.1, 0.15) is 12.0 Å². The second-order valence-corrected chi connectivity index (χ2v) is 4.75. The van der Waals surface area contributed by atoms with Gasteiger partial charge in [-0.05, 0) is 24.1 Å². The van der Waals surface area contributed by atoms with E-state index in [1.54, 1.807) is 26.3 Å². The lowest BCUT2D eigenvalue weighted by atomic mass is 10.2. The Morgan fingerprint density at radius 3 is 2.43 bits per heavy atom. The number of guanidine groups is 1. The average Bonchev–Trinajstić information content (AvgIpc) is 2.52. The number of hydrogen-bond donors (Lipinski definition) is 2. The van der Waals surface area contributed by atoms with Gasteiger partial charge < -0.3 is 20.1 Å². The van der Waals surface area contributed by atoms with Crippen molar-refractivity contribution in [2.75, 3.05) is 33.9 Å². The molecule has 1 aromatic rings. The highest BCUT2D eigenvalue weighted by Gasteiger charge is 2.28. The zero-order chi connectivity index (χ0) is 17.1. The minimum Gasteiger partial charge on any atom is -0.484 e. The molecule has 0 aromatic heterocycles. The lowest BCUT2D eigenvalue weighted by Crippen LogP contribution is -2.37. The van der Waals surface area contributed by atoms with Gasteiger partial charge in [0.05, 0.1) is 0 Å². The van der Waals surface area contributed by atoms with Crippen LogP contribution in [0.4, 0.5) is 13.2 Å². The van der Waals surface area contributed by atoms with E-state index in [9.17, 15) is 13.2 Å². The molecule has 0 saturated carbocycles. The number of methoxy groups -OCH3 is 1. The number of ether oxygens (including phenoxy) is 2. The molecule has 23 heavy (non-hydrogen) atoms. The van der Waals surface area contributed by atoms with Gasteiger partial charge in [-0.1, -0.05) is 12.1 Å². The minimum absolute atomic E-state index is 0.188. The zero-order valence-electron chi connectivity index (χ0n) is 13.2. The molecule has 1 rings (SSSR count). The number of benzene rings is 1. The predicted octanol–water partition coefficient (Wildman–Crippen LogP) is 2.33. The molecule has 0 fully saturated rings. The number of halogens is 3. The summed E-state index contributed by atoms with van der Waals surface area (Å²) in [6.45, 7) is 0.618. The number of nitrogens with one attached hydrogen (secondary N) is 2. The molecule has 8 heteroatoms. The fourth-order valence-electron chi connectivity index (χ4n) is 1.70. The smallest absolute Gasteiger partial charge is 0.422 e. The number of aliphatic imine (C=N–C) groups is 1. The lowest BCUT2D eigenvalue weighted by Gasteiger charge is -2.12. The number of nitrogens with zero attached hydrogens (tertiary/aromatic N) is 1. The third-order valence-corrected chi connectivity index (χ3v) is 2.83. The Morgan fingerprint density at radius 1 is 1.17 bits per heavy atom. The zero-order valence-corrected chi connectivity index (χ0v) is 13.2. The van der Waals surface area contributed by atoms with Gasteiger partial charge in [0, 0.05) is 33.9 Å². The maximum Gasteiger partial charge on any atom is 0.422 e. The van der Waals surface area contributed by atoms with Gasteiger partial charge >= 0.3 is 6.18 Å². The molecule has 2 N–H and O–H groups in total. The Morgan fingerprint density at radius 2 is 1.87 bits per heavy atom. The summed E-state index contributed by atoms with van der Waals surface area (Å²) >= 11 is 0. The topological polar surface area (TPSA) is 54.9 Å². The van der Waals surface area contributed by atoms with Crippen LogP contribution in [0.2, 0.25) is 0 Å². The van der Waals surface area contributed by atoms with E-state index in [1.807, 2.05) is 0 Å². The molecule has 0 spiro atoms. The van der Waals surface area contributed by atoms with Crippen LogP contribution < -0.4 is 15.4 Å². The van der Waals surface area contributed by atoms with E-state index in [1.165, 1.54) is 12.1 Å². The molecule has 0 bridgehead atoms. The van der Waals surface area contributed by atoms with Crippen molar-refractivity contribution >= 4 is 5.96 Å². The molecule has 1 aromatic carbocycles. The first-order chi connectivity index (χ1) is 10.9. The van der Waals surface area contributed by atoms with Gasteiger partial charge in [0.15, 0.2) is 12.6 Å². The molecule has 0 atom stereocenters. The van der Waals surface area contributed by atoms with Crippen molar-refractivity contribution in [1.82, 2.24) is 10.6 Å². The van der Waals surface area contributed by atoms with Gasteiger partial charge in [-0.25, -0.2) is 0 Å². The van der Waals surface area contributed by atoms with Gasteiger partial charge in [-0.3, -0.25) is 4.99 Å². The van der Waals surface area contributed by atoms with E-state index in [4.69, 9.17) is 4.74 Å². The third kappa shape index (κ3) is 8.92. The first-order valence-corrected chi connectivity index (χ1v) is 7.16. The monoisotopic (exact) mass is 333 g/mol. The van der Waals surface area contributed by atoms with E-state index in [0.717, 1.165) is 18.5 Å². The summed E-state index contributed by atoms with van der Waals surface area (Å²) in [5, 5.41) is 6.25. The summed E-state index contributed by atoms with van der Waals surface area (Å²) < 4.78 is 45.8. The molecule has 0 radical (unpaired) electrons. The van der Waals surface area contributed by atoms with E-state index < -0.39 is 12.8 Å². The molecule has 0 aliphatic rings. The van der Waals surface area contributed by atoms with Crippen molar-refractivity contribution in [1.29, 1.82) is 0 Å². The summed E-state index contributed by atoms with van der Waals surface area (Å²) in [6, 6.07) is 6.43. The Bertz CT molecular complexity index is 476. The fraction of sp³-hybridized carbons (Fsp3) is 0.533. The summed E-state index contributed by atoms with van der Waals surface area (Å²) in [7, 11) is 3.31. The van der Waals surface area contributed by atoms with E-state index in [2.05, 4.69) is 20.4 Å². The third-order valence-electron chi connectivity index (χ3n) is 2.83. The Balaban J connectivity index is 2.36. The Kier molecular flexibility index (Phi) is 8.25. The van der Waals surface area contributed by atoms with Crippen LogP contribution in [0, 0.1) is 0 Å². The van der Waals surface area contributed by atoms with Gasteiger partial charge in [0.25, 0.3) is 0 Å². The van der Waals surface area contributed by atoms with Crippen LogP contribution in [0.3, 0.4) is 0 Å². The Labute approximate surface area is 133 Å². The average molecular weight is 333 g/mol. The molecular formula is C15H22F3N3O2. The number of alkyl halides is 3. The Hall–Kier alpha value is -1.96. The summed E-state index contributed by atoms with van der Waals surface area (Å²) in [5.74, 6) is 0.839. The van der Waals surface area contributed by atoms with E-state index in [0.29, 0.717) is 19.1 Å². The highest BCUT2D eigenvalue weighted by atomic mass is 19.4. The maximum atomic E-state index is 12.1. The quantitative estimate of drug-likeness (QED) is 0.436. The second-order valence-electron chi connectivity index (χ2n) is 4.75. The first kappa shape index (κ1) is 19.1. The summed E-state index contributed by atoms with van der Waals surface area (Å²) in [6.07, 6.45) is -3.47. The molecule has 5 nitrogen and oxygen atoms in total. The van der Waals surface area contributed by atoms with Crippen molar-refractivity contribution in [2.24, 2.45) is 4.99 Å². The standard InChI is InChI=1S/C15H22F3N3O2/c1-19-14(20-8-3-9-22-2)21-10-12-4-6-13(7-5-12)23-11-15(16,17)18/h4-7H,3,8-11H2,1-2H3,(H2,19,20,21). The maximum absolute atomic E-state index is 12.1. The van der Waals surface area contributed by atoms with Crippen LogP contribution in [0.25, 0.3) is 0 Å². The van der Waals surface area contributed by atoms with Crippen LogP contribution in [-0.2, 0) is 11.3 Å². The number of hydrogen-bond acceptors (Lipinski definition) is 3. The number of rotatable bonds is 8. The molecule has 0 saturated heterocycles. The van der Waals surface area contributed by atoms with Gasteiger partial charge in [-0.2, -0.15) is 13.2 Å². The summed E-state index contributed by atoms with van der Waals surface area (Å²) in [4.78, 5) is 4.08. The second kappa shape index (κ2) is 9.94. The van der Waals surface area contributed by atoms with Gasteiger partial charge in [-0.15, -0.1) is 0 Å². The molecule has 0 heterocycles. The molecule has 130 valence electrons. The summed E-state index contributed by atoms with van der Waals surface area (Å²) in [5.41, 5.74) is 0.907. The largest absolute Gasteiger partial charge is 0.484 e. The van der Waals surface area contributed by atoms with Crippen molar-refractivity contribution in [3.8, 4) is 5.75 Å². The van der Waals surface area contributed by atoms with Gasteiger partial charge in [0.1, 0.15) is 5.75 Å². The van der Waals surface area contributed by atoms with E-state index >= 15 is 0 Å². The highest BCUT2D eigenvalue weighted by Crippen LogP contribution is 2.18. The molecule has 0 aliphatic heterocycles. The molecule has 0 amide bonds. The van der Waals surface area contributed by atoms with E-state index in [-0.39, 0.29) is 5.75 Å². The van der Waals surface area contributed by atoms with Crippen LogP contribution >= 0.6 is 0 Å². The molecule has 0 aliphatic carbocycles. The SMILES string of the molecule is CN=C(NCCCOC)NCc1ccc(OCC(F)(F)F)cc1. The first-order valence-electron chi connectivity index (χ1n) is 7.16. The predicted molar refractivity (Wildman–Crippen MR) is 82.7 cm³/mol.